The largest absolute Gasteiger partial charge is 0.327 e. The summed E-state index contributed by atoms with van der Waals surface area (Å²) in [7, 11) is 0. The standard InChI is InChI=1S/C24H30N4.C4H8.C2H6/c1-5-9-24-26-23(6-2)18(4)28(24)16-19-12-14-20(15-13-19)22-11-8-7-10-21(22)17(3)27-25;1-2-4-3-1;1-2/h6-8,10-15,17,27H,2,5,9,16,25H2,1,3-4H3;1-4H2;1-2H3. The maximum Gasteiger partial charge on any atom is 0.109 e. The zero-order valence-corrected chi connectivity index (χ0v) is 21.9. The van der Waals surface area contributed by atoms with Gasteiger partial charge in [0.25, 0.3) is 0 Å². The predicted octanol–water partition coefficient (Wildman–Crippen LogP) is 7.61. The van der Waals surface area contributed by atoms with Crippen LogP contribution < -0.4 is 11.3 Å². The second kappa shape index (κ2) is 14.5. The summed E-state index contributed by atoms with van der Waals surface area (Å²) in [6, 6.07) is 17.3. The molecule has 1 aliphatic rings. The van der Waals surface area contributed by atoms with E-state index in [2.05, 4.69) is 85.9 Å². The summed E-state index contributed by atoms with van der Waals surface area (Å²) >= 11 is 0. The Bertz CT molecular complexity index is 993. The summed E-state index contributed by atoms with van der Waals surface area (Å²) in [6.07, 6.45) is 9.90. The SMILES string of the molecule is C1CCC1.C=Cc1nc(CCC)n(Cc2ccc(-c3ccccc3C(C)NN)cc2)c1C.CC. The van der Waals surface area contributed by atoms with E-state index in [1.54, 1.807) is 0 Å². The molecular weight excluding hydrogens is 416 g/mol. The normalized spacial score (nSPS) is 13.0. The molecule has 0 aliphatic heterocycles. The van der Waals surface area contributed by atoms with E-state index < -0.39 is 0 Å². The average molecular weight is 461 g/mol. The number of aromatic nitrogens is 2. The predicted molar refractivity (Wildman–Crippen MR) is 148 cm³/mol. The molecule has 1 heterocycles. The van der Waals surface area contributed by atoms with Crippen LogP contribution in [-0.4, -0.2) is 9.55 Å². The van der Waals surface area contributed by atoms with Crippen molar-refractivity contribution >= 4 is 6.08 Å². The van der Waals surface area contributed by atoms with Crippen molar-refractivity contribution in [2.24, 2.45) is 5.84 Å². The van der Waals surface area contributed by atoms with Crippen LogP contribution in [0, 0.1) is 6.92 Å². The van der Waals surface area contributed by atoms with Gasteiger partial charge in [-0.1, -0.05) is 102 Å². The van der Waals surface area contributed by atoms with E-state index in [1.165, 1.54) is 53.6 Å². The Morgan fingerprint density at radius 2 is 1.68 bits per heavy atom. The van der Waals surface area contributed by atoms with Crippen molar-refractivity contribution < 1.29 is 0 Å². The highest BCUT2D eigenvalue weighted by molar-refractivity contribution is 5.68. The van der Waals surface area contributed by atoms with E-state index in [-0.39, 0.29) is 6.04 Å². The lowest BCUT2D eigenvalue weighted by Gasteiger charge is -2.16. The van der Waals surface area contributed by atoms with Crippen molar-refractivity contribution in [1.29, 1.82) is 0 Å². The van der Waals surface area contributed by atoms with Crippen LogP contribution in [0.25, 0.3) is 17.2 Å². The topological polar surface area (TPSA) is 55.9 Å². The number of hydrazine groups is 1. The van der Waals surface area contributed by atoms with Gasteiger partial charge in [-0.05, 0) is 48.6 Å². The summed E-state index contributed by atoms with van der Waals surface area (Å²) in [5.74, 6) is 6.79. The maximum absolute atomic E-state index is 5.66. The molecule has 1 aliphatic carbocycles. The smallest absolute Gasteiger partial charge is 0.109 e. The molecule has 0 amide bonds. The minimum atomic E-state index is 0.0957. The molecule has 1 fully saturated rings. The number of benzene rings is 2. The Hall–Kier alpha value is -2.69. The molecule has 1 saturated carbocycles. The molecule has 3 N–H and O–H groups in total. The average Bonchev–Trinajstić information content (AvgIpc) is 3.13. The molecule has 184 valence electrons. The molecular formula is C30H44N4. The van der Waals surface area contributed by atoms with Gasteiger partial charge in [0.1, 0.15) is 5.82 Å². The van der Waals surface area contributed by atoms with Gasteiger partial charge in [0, 0.05) is 24.7 Å². The number of aryl methyl sites for hydroxylation is 1. The lowest BCUT2D eigenvalue weighted by Crippen LogP contribution is -2.25. The molecule has 2 aromatic carbocycles. The number of nitrogens with zero attached hydrogens (tertiary/aromatic N) is 2. The molecule has 0 saturated heterocycles. The molecule has 4 rings (SSSR count). The van der Waals surface area contributed by atoms with Gasteiger partial charge < -0.3 is 4.57 Å². The summed E-state index contributed by atoms with van der Waals surface area (Å²) < 4.78 is 2.31. The zero-order valence-electron chi connectivity index (χ0n) is 21.9. The molecule has 1 atom stereocenters. The molecule has 1 unspecified atom stereocenters. The van der Waals surface area contributed by atoms with Gasteiger partial charge in [0.2, 0.25) is 0 Å². The van der Waals surface area contributed by atoms with Crippen LogP contribution in [0.15, 0.2) is 55.1 Å². The van der Waals surface area contributed by atoms with E-state index in [0.717, 1.165) is 30.9 Å². The number of nitrogens with one attached hydrogen (secondary N) is 1. The third-order valence-electron chi connectivity index (χ3n) is 6.29. The quantitative estimate of drug-likeness (QED) is 0.268. The van der Waals surface area contributed by atoms with Crippen LogP contribution in [0.5, 0.6) is 0 Å². The Kier molecular flexibility index (Phi) is 11.8. The highest BCUT2D eigenvalue weighted by Gasteiger charge is 2.13. The highest BCUT2D eigenvalue weighted by Crippen LogP contribution is 2.28. The first kappa shape index (κ1) is 27.6. The van der Waals surface area contributed by atoms with Crippen molar-refractivity contribution in [3.8, 4) is 11.1 Å². The number of hydrogen-bond donors (Lipinski definition) is 2. The molecule has 4 nitrogen and oxygen atoms in total. The fraction of sp³-hybridized carbons (Fsp3) is 0.433. The van der Waals surface area contributed by atoms with Gasteiger partial charge in [-0.2, -0.15) is 0 Å². The minimum absolute atomic E-state index is 0.0957. The second-order valence-corrected chi connectivity index (χ2v) is 8.63. The van der Waals surface area contributed by atoms with Crippen molar-refractivity contribution in [3.63, 3.8) is 0 Å². The van der Waals surface area contributed by atoms with Gasteiger partial charge >= 0.3 is 0 Å². The number of nitrogens with two attached hydrogens (primary N) is 1. The third-order valence-corrected chi connectivity index (χ3v) is 6.29. The van der Waals surface area contributed by atoms with Crippen molar-refractivity contribution in [3.05, 3.63) is 83.4 Å². The second-order valence-electron chi connectivity index (χ2n) is 8.63. The van der Waals surface area contributed by atoms with Crippen LogP contribution in [-0.2, 0) is 13.0 Å². The molecule has 1 aromatic heterocycles. The number of imidazole rings is 1. The van der Waals surface area contributed by atoms with Crippen LogP contribution in [0.3, 0.4) is 0 Å². The minimum Gasteiger partial charge on any atom is -0.327 e. The first-order valence-corrected chi connectivity index (χ1v) is 12.9. The van der Waals surface area contributed by atoms with Crippen molar-refractivity contribution in [1.82, 2.24) is 15.0 Å². The van der Waals surface area contributed by atoms with Crippen LogP contribution in [0.2, 0.25) is 0 Å². The fourth-order valence-corrected chi connectivity index (χ4v) is 3.88. The summed E-state index contributed by atoms with van der Waals surface area (Å²) in [6.45, 7) is 15.1. The first-order valence-electron chi connectivity index (χ1n) is 12.9. The van der Waals surface area contributed by atoms with Crippen molar-refractivity contribution in [2.75, 3.05) is 0 Å². The molecule has 34 heavy (non-hydrogen) atoms. The lowest BCUT2D eigenvalue weighted by molar-refractivity contribution is 0.504. The van der Waals surface area contributed by atoms with Gasteiger partial charge in [0.15, 0.2) is 0 Å². The van der Waals surface area contributed by atoms with Crippen molar-refractivity contribution in [2.45, 2.75) is 85.7 Å². The van der Waals surface area contributed by atoms with E-state index in [9.17, 15) is 0 Å². The Morgan fingerprint density at radius 1 is 1.06 bits per heavy atom. The third kappa shape index (κ3) is 7.15. The van der Waals surface area contributed by atoms with E-state index in [0.29, 0.717) is 0 Å². The summed E-state index contributed by atoms with van der Waals surface area (Å²) in [5.41, 5.74) is 9.88. The van der Waals surface area contributed by atoms with E-state index in [4.69, 9.17) is 10.8 Å². The van der Waals surface area contributed by atoms with Crippen LogP contribution in [0.4, 0.5) is 0 Å². The summed E-state index contributed by atoms with van der Waals surface area (Å²) in [4.78, 5) is 4.75. The monoisotopic (exact) mass is 460 g/mol. The molecule has 4 heteroatoms. The van der Waals surface area contributed by atoms with E-state index in [1.807, 2.05) is 19.9 Å². The molecule has 3 aromatic rings. The van der Waals surface area contributed by atoms with Crippen LogP contribution in [0.1, 0.15) is 94.2 Å². The fourth-order valence-electron chi connectivity index (χ4n) is 3.88. The number of hydrogen-bond acceptors (Lipinski definition) is 3. The Balaban J connectivity index is 0.000000603. The zero-order chi connectivity index (χ0) is 24.9. The van der Waals surface area contributed by atoms with Gasteiger partial charge in [-0.3, -0.25) is 11.3 Å². The van der Waals surface area contributed by atoms with Gasteiger partial charge in [0.05, 0.1) is 5.69 Å². The Labute approximate surface area is 207 Å². The summed E-state index contributed by atoms with van der Waals surface area (Å²) in [5, 5.41) is 0. The van der Waals surface area contributed by atoms with Crippen LogP contribution >= 0.6 is 0 Å². The highest BCUT2D eigenvalue weighted by atomic mass is 15.2. The maximum atomic E-state index is 5.66. The van der Waals surface area contributed by atoms with Gasteiger partial charge in [-0.25, -0.2) is 4.98 Å². The van der Waals surface area contributed by atoms with E-state index >= 15 is 0 Å². The first-order chi connectivity index (χ1) is 16.6. The lowest BCUT2D eigenvalue weighted by atomic mass is 9.95. The Morgan fingerprint density at radius 3 is 2.21 bits per heavy atom. The van der Waals surface area contributed by atoms with Gasteiger partial charge in [-0.15, -0.1) is 0 Å². The molecule has 0 bridgehead atoms. The molecule has 0 radical (unpaired) electrons. The number of rotatable bonds is 8. The molecule has 0 spiro atoms.